The van der Waals surface area contributed by atoms with Gasteiger partial charge >= 0.3 is 0 Å². The number of rotatable bonds is 8. The van der Waals surface area contributed by atoms with Crippen molar-refractivity contribution in [3.05, 3.63) is 101 Å². The van der Waals surface area contributed by atoms with E-state index in [2.05, 4.69) is 54.6 Å². The predicted molar refractivity (Wildman–Crippen MR) is 156 cm³/mol. The lowest BCUT2D eigenvalue weighted by Gasteiger charge is -2.25. The third kappa shape index (κ3) is 5.47. The molecule has 212 valence electrons. The van der Waals surface area contributed by atoms with E-state index < -0.39 is 5.91 Å². The van der Waals surface area contributed by atoms with Gasteiger partial charge in [-0.05, 0) is 64.7 Å². The Hall–Kier alpha value is -5.36. The molecule has 0 spiro atoms. The van der Waals surface area contributed by atoms with Gasteiger partial charge in [-0.15, -0.1) is 5.10 Å². The molecule has 0 unspecified atom stereocenters. The topological polar surface area (TPSA) is 143 Å². The van der Waals surface area contributed by atoms with E-state index in [0.717, 1.165) is 30.8 Å². The second-order valence-corrected chi connectivity index (χ2v) is 10.1. The van der Waals surface area contributed by atoms with Crippen LogP contribution in [0, 0.1) is 0 Å². The summed E-state index contributed by atoms with van der Waals surface area (Å²) in [4.78, 5) is 28.7. The Balaban J connectivity index is 1.18. The number of carbonyl (C=O) groups is 2. The monoisotopic (exact) mass is 563 g/mol. The van der Waals surface area contributed by atoms with E-state index in [1.807, 2.05) is 48.5 Å². The van der Waals surface area contributed by atoms with Crippen molar-refractivity contribution in [1.82, 2.24) is 35.5 Å². The second kappa shape index (κ2) is 11.6. The fourth-order valence-electron chi connectivity index (χ4n) is 4.99. The number of hydrogen-bond donors (Lipinski definition) is 3. The summed E-state index contributed by atoms with van der Waals surface area (Å²) in [7, 11) is 3.77. The van der Waals surface area contributed by atoms with E-state index in [-0.39, 0.29) is 24.0 Å². The van der Waals surface area contributed by atoms with Gasteiger partial charge in [0.25, 0.3) is 11.8 Å². The average molecular weight is 564 g/mol. The third-order valence-electron chi connectivity index (χ3n) is 7.15. The Morgan fingerprint density at radius 3 is 2.64 bits per heavy atom. The van der Waals surface area contributed by atoms with E-state index in [4.69, 9.17) is 4.63 Å². The smallest absolute Gasteiger partial charge is 0.274 e. The van der Waals surface area contributed by atoms with Crippen molar-refractivity contribution in [1.29, 1.82) is 0 Å². The van der Waals surface area contributed by atoms with E-state index in [9.17, 15) is 9.59 Å². The summed E-state index contributed by atoms with van der Waals surface area (Å²) in [5.74, 6) is -0.0333. The lowest BCUT2D eigenvalue weighted by Crippen LogP contribution is -2.26. The minimum absolute atomic E-state index is 0.109. The SMILES string of the molecule is CNc1nonc1-n1nnc(C(=O)NCc2cccc(C(=O)Nc3ccc4c(c3)CN(C)CC4)c2)c1-c1ccccc1. The summed E-state index contributed by atoms with van der Waals surface area (Å²) in [6.45, 7) is 2.07. The highest BCUT2D eigenvalue weighted by Gasteiger charge is 2.25. The second-order valence-electron chi connectivity index (χ2n) is 10.1. The Labute approximate surface area is 241 Å². The van der Waals surface area contributed by atoms with Crippen molar-refractivity contribution in [3.8, 4) is 17.1 Å². The molecule has 0 saturated heterocycles. The molecule has 0 bridgehead atoms. The molecule has 42 heavy (non-hydrogen) atoms. The van der Waals surface area contributed by atoms with Crippen LogP contribution in [0.5, 0.6) is 0 Å². The van der Waals surface area contributed by atoms with Gasteiger partial charge in [0.2, 0.25) is 11.6 Å². The van der Waals surface area contributed by atoms with Crippen LogP contribution < -0.4 is 16.0 Å². The van der Waals surface area contributed by atoms with Crippen LogP contribution in [-0.2, 0) is 19.5 Å². The highest BCUT2D eigenvalue weighted by molar-refractivity contribution is 6.04. The molecule has 1 aliphatic rings. The Kier molecular flexibility index (Phi) is 7.43. The van der Waals surface area contributed by atoms with Crippen LogP contribution >= 0.6 is 0 Å². The van der Waals surface area contributed by atoms with Crippen molar-refractivity contribution in [2.45, 2.75) is 19.5 Å². The zero-order chi connectivity index (χ0) is 29.1. The molecule has 2 amide bonds. The average Bonchev–Trinajstić information content (AvgIpc) is 3.67. The highest BCUT2D eigenvalue weighted by atomic mass is 16.6. The number of carbonyl (C=O) groups excluding carboxylic acids is 2. The maximum absolute atomic E-state index is 13.4. The van der Waals surface area contributed by atoms with Crippen LogP contribution in [0.1, 0.15) is 37.5 Å². The Bertz CT molecular complexity index is 1750. The van der Waals surface area contributed by atoms with Gasteiger partial charge in [0, 0.05) is 43.5 Å². The first kappa shape index (κ1) is 26.8. The van der Waals surface area contributed by atoms with Crippen LogP contribution in [0.4, 0.5) is 11.5 Å². The van der Waals surface area contributed by atoms with Gasteiger partial charge in [0.1, 0.15) is 5.69 Å². The van der Waals surface area contributed by atoms with Crippen LogP contribution in [-0.4, -0.2) is 62.7 Å². The summed E-state index contributed by atoms with van der Waals surface area (Å²) in [5.41, 5.74) is 5.81. The summed E-state index contributed by atoms with van der Waals surface area (Å²) in [6, 6.07) is 22.5. The van der Waals surface area contributed by atoms with Gasteiger partial charge in [-0.1, -0.05) is 53.7 Å². The zero-order valence-electron chi connectivity index (χ0n) is 23.2. The molecular weight excluding hydrogens is 534 g/mol. The van der Waals surface area contributed by atoms with Gasteiger partial charge in [0.05, 0.1) is 0 Å². The summed E-state index contributed by atoms with van der Waals surface area (Å²) < 4.78 is 6.28. The first-order valence-electron chi connectivity index (χ1n) is 13.5. The lowest BCUT2D eigenvalue weighted by atomic mass is 9.99. The van der Waals surface area contributed by atoms with Crippen LogP contribution in [0.15, 0.2) is 77.4 Å². The predicted octanol–water partition coefficient (Wildman–Crippen LogP) is 3.53. The van der Waals surface area contributed by atoms with E-state index in [1.54, 1.807) is 25.2 Å². The van der Waals surface area contributed by atoms with Crippen LogP contribution in [0.25, 0.3) is 17.1 Å². The molecule has 0 fully saturated rings. The molecule has 5 aromatic rings. The normalized spacial score (nSPS) is 12.9. The number of benzene rings is 3. The van der Waals surface area contributed by atoms with Crippen LogP contribution in [0.3, 0.4) is 0 Å². The zero-order valence-corrected chi connectivity index (χ0v) is 23.2. The molecule has 0 aliphatic carbocycles. The Morgan fingerprint density at radius 2 is 1.81 bits per heavy atom. The fraction of sp³-hybridized carbons (Fsp3) is 0.200. The lowest BCUT2D eigenvalue weighted by molar-refractivity contribution is 0.0946. The summed E-state index contributed by atoms with van der Waals surface area (Å²) in [5, 5.41) is 24.9. The minimum atomic E-state index is -0.434. The number of fused-ring (bicyclic) bond motifs is 1. The largest absolute Gasteiger partial charge is 0.367 e. The van der Waals surface area contributed by atoms with Gasteiger partial charge in [-0.25, -0.2) is 4.63 Å². The van der Waals surface area contributed by atoms with Gasteiger partial charge in [0.15, 0.2) is 5.69 Å². The summed E-state index contributed by atoms with van der Waals surface area (Å²) >= 11 is 0. The van der Waals surface area contributed by atoms with Gasteiger partial charge in [-0.3, -0.25) is 9.59 Å². The van der Waals surface area contributed by atoms with E-state index >= 15 is 0 Å². The number of likely N-dealkylation sites (N-methyl/N-ethyl adjacent to an activating group) is 1. The number of nitrogens with one attached hydrogen (secondary N) is 3. The molecule has 12 heteroatoms. The number of anilines is 2. The van der Waals surface area contributed by atoms with Crippen LogP contribution in [0.2, 0.25) is 0 Å². The first-order valence-corrected chi connectivity index (χ1v) is 13.5. The van der Waals surface area contributed by atoms with E-state index in [0.29, 0.717) is 22.6 Å². The van der Waals surface area contributed by atoms with Crippen molar-refractivity contribution in [3.63, 3.8) is 0 Å². The maximum atomic E-state index is 13.4. The quantitative estimate of drug-likeness (QED) is 0.258. The number of amides is 2. The summed E-state index contributed by atoms with van der Waals surface area (Å²) in [6.07, 6.45) is 1.01. The van der Waals surface area contributed by atoms with Crippen molar-refractivity contribution >= 4 is 23.3 Å². The molecule has 2 aromatic heterocycles. The molecule has 6 rings (SSSR count). The Morgan fingerprint density at radius 1 is 0.952 bits per heavy atom. The third-order valence-corrected chi connectivity index (χ3v) is 7.15. The fourth-order valence-corrected chi connectivity index (χ4v) is 4.99. The number of hydrogen-bond acceptors (Lipinski definition) is 9. The van der Waals surface area contributed by atoms with E-state index in [1.165, 1.54) is 15.8 Å². The van der Waals surface area contributed by atoms with Crippen molar-refractivity contribution < 1.29 is 14.2 Å². The number of aromatic nitrogens is 5. The van der Waals surface area contributed by atoms with Gasteiger partial charge < -0.3 is 20.9 Å². The molecule has 1 aliphatic heterocycles. The highest BCUT2D eigenvalue weighted by Crippen LogP contribution is 2.27. The maximum Gasteiger partial charge on any atom is 0.274 e. The molecule has 3 aromatic carbocycles. The molecule has 12 nitrogen and oxygen atoms in total. The standard InChI is InChI=1S/C30H29N9O3/c1-31-27-28(36-42-35-27)39-26(21-8-4-3-5-9-21)25(34-37-39)30(41)32-17-19-7-6-10-22(15-19)29(40)33-24-12-11-20-13-14-38(2)18-23(20)16-24/h3-12,15-16H,13-14,17-18H2,1-2H3,(H,31,35)(H,32,41)(H,33,40). The van der Waals surface area contributed by atoms with Crippen molar-refractivity contribution in [2.24, 2.45) is 0 Å². The molecule has 0 radical (unpaired) electrons. The van der Waals surface area contributed by atoms with Gasteiger partial charge in [-0.2, -0.15) is 4.68 Å². The molecular formula is C30H29N9O3. The molecule has 3 N–H and O–H groups in total. The molecule has 0 saturated carbocycles. The molecule has 0 atom stereocenters. The molecule has 3 heterocycles. The van der Waals surface area contributed by atoms with Crippen molar-refractivity contribution in [2.75, 3.05) is 31.3 Å². The first-order chi connectivity index (χ1) is 20.5. The minimum Gasteiger partial charge on any atom is -0.367 e. The number of nitrogens with zero attached hydrogens (tertiary/aromatic N) is 6.